The number of nitrogens with zero attached hydrogens (tertiary/aromatic N) is 3. The summed E-state index contributed by atoms with van der Waals surface area (Å²) in [6.07, 6.45) is 10.4. The average Bonchev–Trinajstić information content (AvgIpc) is 3.35. The van der Waals surface area contributed by atoms with Crippen LogP contribution in [0.2, 0.25) is 0 Å². The van der Waals surface area contributed by atoms with Crippen molar-refractivity contribution in [2.24, 2.45) is 5.92 Å². The van der Waals surface area contributed by atoms with E-state index in [9.17, 15) is 4.79 Å². The number of carbonyl (C=O) groups is 1. The fraction of sp³-hybridized carbons (Fsp3) is 0.304. The van der Waals surface area contributed by atoms with Gasteiger partial charge in [0.1, 0.15) is 0 Å². The van der Waals surface area contributed by atoms with Crippen molar-refractivity contribution in [1.82, 2.24) is 14.5 Å². The lowest BCUT2D eigenvalue weighted by Gasteiger charge is -2.38. The number of urea groups is 1. The first kappa shape index (κ1) is 17.0. The number of likely N-dealkylation sites (tertiary alicyclic amines) is 1. The molecule has 0 radical (unpaired) electrons. The standard InChI is InChI=1S/C23H24N4O/c1-16-10-12-26(23(28)25-18-6-3-2-4-7-18)15-21(16)27-13-11-17-14-24-20-9-5-8-19(20)22(17)27/h2-8,11,13-14,16,21H,9-10,12,15H2,1H3,(H,25,28)/t16-,21+/m1/s1. The molecule has 0 unspecified atom stereocenters. The van der Waals surface area contributed by atoms with E-state index < -0.39 is 0 Å². The number of aromatic nitrogens is 2. The predicted octanol–water partition coefficient (Wildman–Crippen LogP) is 4.72. The largest absolute Gasteiger partial charge is 0.342 e. The van der Waals surface area contributed by atoms with Gasteiger partial charge in [-0.25, -0.2) is 4.79 Å². The molecule has 2 atom stereocenters. The Labute approximate surface area is 164 Å². The van der Waals surface area contributed by atoms with Gasteiger partial charge in [-0.3, -0.25) is 4.98 Å². The summed E-state index contributed by atoms with van der Waals surface area (Å²) >= 11 is 0. The topological polar surface area (TPSA) is 50.2 Å². The summed E-state index contributed by atoms with van der Waals surface area (Å²) in [6, 6.07) is 12.0. The van der Waals surface area contributed by atoms with Crippen LogP contribution in [0.25, 0.3) is 17.0 Å². The zero-order valence-corrected chi connectivity index (χ0v) is 16.0. The predicted molar refractivity (Wildman–Crippen MR) is 112 cm³/mol. The number of amides is 2. The molecule has 3 heterocycles. The summed E-state index contributed by atoms with van der Waals surface area (Å²) < 4.78 is 2.37. The van der Waals surface area contributed by atoms with Crippen LogP contribution in [0.1, 0.15) is 30.6 Å². The summed E-state index contributed by atoms with van der Waals surface area (Å²) in [5.74, 6) is 0.505. The highest BCUT2D eigenvalue weighted by molar-refractivity contribution is 5.91. The maximum absolute atomic E-state index is 12.8. The number of fused-ring (bicyclic) bond motifs is 3. The van der Waals surface area contributed by atoms with Gasteiger partial charge in [-0.05, 0) is 30.5 Å². The van der Waals surface area contributed by atoms with Gasteiger partial charge in [0, 0.05) is 48.5 Å². The van der Waals surface area contributed by atoms with Gasteiger partial charge in [0.2, 0.25) is 0 Å². The van der Waals surface area contributed by atoms with Crippen molar-refractivity contribution in [1.29, 1.82) is 0 Å². The second-order valence-electron chi connectivity index (χ2n) is 7.83. The summed E-state index contributed by atoms with van der Waals surface area (Å²) in [6.45, 7) is 3.79. The fourth-order valence-corrected chi connectivity index (χ4v) is 4.44. The Kier molecular flexibility index (Phi) is 4.15. The van der Waals surface area contributed by atoms with E-state index in [0.29, 0.717) is 12.5 Å². The SMILES string of the molecule is C[C@@H]1CCN(C(=O)Nc2ccccc2)C[C@@H]1n1ccc2cnc3c(c21)C=CC3. The van der Waals surface area contributed by atoms with Gasteiger partial charge in [0.15, 0.2) is 0 Å². The highest BCUT2D eigenvalue weighted by Crippen LogP contribution is 2.35. The molecule has 2 amide bonds. The number of nitrogens with one attached hydrogen (secondary N) is 1. The van der Waals surface area contributed by atoms with E-state index in [-0.39, 0.29) is 12.1 Å². The average molecular weight is 372 g/mol. The Hall–Kier alpha value is -3.08. The number of pyridine rings is 1. The molecule has 1 fully saturated rings. The van der Waals surface area contributed by atoms with E-state index in [1.165, 1.54) is 16.5 Å². The van der Waals surface area contributed by atoms with Gasteiger partial charge in [-0.1, -0.05) is 37.3 Å². The van der Waals surface area contributed by atoms with Crippen LogP contribution >= 0.6 is 0 Å². The molecule has 5 rings (SSSR count). The third-order valence-corrected chi connectivity index (χ3v) is 6.06. The highest BCUT2D eigenvalue weighted by Gasteiger charge is 2.31. The number of allylic oxidation sites excluding steroid dienone is 1. The number of benzene rings is 1. The molecular formula is C23H24N4O. The van der Waals surface area contributed by atoms with Crippen LogP contribution in [0, 0.1) is 5.92 Å². The summed E-state index contributed by atoms with van der Waals surface area (Å²) in [7, 11) is 0. The molecule has 1 aromatic carbocycles. The van der Waals surface area contributed by atoms with Gasteiger partial charge in [0.25, 0.3) is 0 Å². The Morgan fingerprint density at radius 2 is 2.07 bits per heavy atom. The number of carbonyl (C=O) groups excluding carboxylic acids is 1. The van der Waals surface area contributed by atoms with Crippen molar-refractivity contribution in [2.45, 2.75) is 25.8 Å². The van der Waals surface area contributed by atoms with Crippen LogP contribution < -0.4 is 5.32 Å². The zero-order chi connectivity index (χ0) is 19.1. The van der Waals surface area contributed by atoms with Crippen LogP contribution in [0.3, 0.4) is 0 Å². The first-order valence-electron chi connectivity index (χ1n) is 9.96. The first-order valence-corrected chi connectivity index (χ1v) is 9.96. The lowest BCUT2D eigenvalue weighted by Crippen LogP contribution is -2.45. The third-order valence-electron chi connectivity index (χ3n) is 6.06. The second-order valence-corrected chi connectivity index (χ2v) is 7.83. The number of anilines is 1. The molecule has 5 heteroatoms. The second kappa shape index (κ2) is 6.82. The van der Waals surface area contributed by atoms with E-state index in [1.807, 2.05) is 41.4 Å². The lowest BCUT2D eigenvalue weighted by molar-refractivity contribution is 0.151. The molecule has 142 valence electrons. The van der Waals surface area contributed by atoms with Crippen molar-refractivity contribution in [2.75, 3.05) is 18.4 Å². The van der Waals surface area contributed by atoms with E-state index in [2.05, 4.69) is 46.2 Å². The Morgan fingerprint density at radius 1 is 1.21 bits per heavy atom. The molecule has 0 saturated carbocycles. The normalized spacial score (nSPS) is 21.1. The van der Waals surface area contributed by atoms with Crippen LogP contribution in [-0.2, 0) is 6.42 Å². The molecule has 1 aliphatic heterocycles. The molecule has 2 aromatic heterocycles. The Balaban J connectivity index is 1.44. The Morgan fingerprint density at radius 3 is 2.93 bits per heavy atom. The van der Waals surface area contributed by atoms with Crippen molar-refractivity contribution in [3.8, 4) is 0 Å². The minimum absolute atomic E-state index is 0.0219. The molecule has 1 N–H and O–H groups in total. The minimum Gasteiger partial charge on any atom is -0.342 e. The molecule has 1 aliphatic carbocycles. The van der Waals surface area contributed by atoms with E-state index >= 15 is 0 Å². The van der Waals surface area contributed by atoms with Crippen LogP contribution in [0.15, 0.2) is 54.9 Å². The summed E-state index contributed by atoms with van der Waals surface area (Å²) in [5, 5.41) is 4.20. The van der Waals surface area contributed by atoms with E-state index in [4.69, 9.17) is 0 Å². The number of para-hydroxylation sites is 1. The van der Waals surface area contributed by atoms with Crippen LogP contribution in [-0.4, -0.2) is 33.6 Å². The minimum atomic E-state index is -0.0219. The van der Waals surface area contributed by atoms with Crippen molar-refractivity contribution in [3.05, 3.63) is 66.1 Å². The monoisotopic (exact) mass is 372 g/mol. The lowest BCUT2D eigenvalue weighted by atomic mass is 9.93. The third kappa shape index (κ3) is 2.87. The molecule has 0 bridgehead atoms. The molecule has 2 aliphatic rings. The van der Waals surface area contributed by atoms with Gasteiger partial charge >= 0.3 is 6.03 Å². The fourth-order valence-electron chi connectivity index (χ4n) is 4.44. The number of rotatable bonds is 2. The van der Waals surface area contributed by atoms with Crippen molar-refractivity contribution < 1.29 is 4.79 Å². The van der Waals surface area contributed by atoms with E-state index in [0.717, 1.165) is 30.8 Å². The summed E-state index contributed by atoms with van der Waals surface area (Å²) in [5.41, 5.74) is 4.47. The zero-order valence-electron chi connectivity index (χ0n) is 16.0. The van der Waals surface area contributed by atoms with Gasteiger partial charge < -0.3 is 14.8 Å². The molecule has 5 nitrogen and oxygen atoms in total. The van der Waals surface area contributed by atoms with Crippen molar-refractivity contribution >= 4 is 28.7 Å². The maximum atomic E-state index is 12.8. The molecule has 1 saturated heterocycles. The van der Waals surface area contributed by atoms with E-state index in [1.54, 1.807) is 0 Å². The molecule has 0 spiro atoms. The van der Waals surface area contributed by atoms with Crippen LogP contribution in [0.4, 0.5) is 10.5 Å². The maximum Gasteiger partial charge on any atom is 0.321 e. The number of hydrogen-bond acceptors (Lipinski definition) is 2. The molecule has 3 aromatic rings. The van der Waals surface area contributed by atoms with Gasteiger partial charge in [-0.15, -0.1) is 0 Å². The smallest absolute Gasteiger partial charge is 0.321 e. The number of hydrogen-bond donors (Lipinski definition) is 1. The summed E-state index contributed by atoms with van der Waals surface area (Å²) in [4.78, 5) is 19.4. The molecular weight excluding hydrogens is 348 g/mol. The number of piperidine rings is 1. The highest BCUT2D eigenvalue weighted by atomic mass is 16.2. The van der Waals surface area contributed by atoms with Crippen molar-refractivity contribution in [3.63, 3.8) is 0 Å². The van der Waals surface area contributed by atoms with Crippen LogP contribution in [0.5, 0.6) is 0 Å². The first-order chi connectivity index (χ1) is 13.7. The van der Waals surface area contributed by atoms with Gasteiger partial charge in [0.05, 0.1) is 17.3 Å². The quantitative estimate of drug-likeness (QED) is 0.708. The molecule has 28 heavy (non-hydrogen) atoms. The van der Waals surface area contributed by atoms with Gasteiger partial charge in [-0.2, -0.15) is 0 Å². The Bertz CT molecular complexity index is 1050.